The molecule has 0 aliphatic carbocycles. The second-order valence-electron chi connectivity index (χ2n) is 6.39. The largest absolute Gasteiger partial charge is 0.370 e. The van der Waals surface area contributed by atoms with Crippen LogP contribution in [0.5, 0.6) is 0 Å². The standard InChI is InChI=1S/C18H27N3/c1-15(2)13-20-14-16-7-8-18(17(11-16)12-19)21-9-5-3-4-6-10-21/h7-8,11,15,20H,3-6,9-10,13-14H2,1-2H3. The van der Waals surface area contributed by atoms with E-state index >= 15 is 0 Å². The first kappa shape index (κ1) is 15.9. The molecule has 0 aromatic heterocycles. The minimum Gasteiger partial charge on any atom is -0.370 e. The van der Waals surface area contributed by atoms with Gasteiger partial charge in [-0.15, -0.1) is 0 Å². The van der Waals surface area contributed by atoms with Crippen LogP contribution >= 0.6 is 0 Å². The van der Waals surface area contributed by atoms with Crippen LogP contribution in [0.3, 0.4) is 0 Å². The highest BCUT2D eigenvalue weighted by atomic mass is 15.1. The molecule has 0 unspecified atom stereocenters. The third-order valence-corrected chi connectivity index (χ3v) is 4.01. The van der Waals surface area contributed by atoms with Gasteiger partial charge in [-0.25, -0.2) is 0 Å². The van der Waals surface area contributed by atoms with Crippen LogP contribution in [0.25, 0.3) is 0 Å². The maximum Gasteiger partial charge on any atom is 0.101 e. The second kappa shape index (κ2) is 8.05. The summed E-state index contributed by atoms with van der Waals surface area (Å²) in [5.41, 5.74) is 3.14. The first-order valence-electron chi connectivity index (χ1n) is 8.19. The fourth-order valence-corrected chi connectivity index (χ4v) is 2.88. The summed E-state index contributed by atoms with van der Waals surface area (Å²) >= 11 is 0. The number of anilines is 1. The van der Waals surface area contributed by atoms with Gasteiger partial charge in [-0.05, 0) is 43.0 Å². The molecule has 1 aliphatic heterocycles. The van der Waals surface area contributed by atoms with Gasteiger partial charge in [-0.1, -0.05) is 32.8 Å². The highest BCUT2D eigenvalue weighted by Gasteiger charge is 2.14. The number of benzene rings is 1. The van der Waals surface area contributed by atoms with Crippen LogP contribution in [0.15, 0.2) is 18.2 Å². The van der Waals surface area contributed by atoms with Crippen molar-refractivity contribution in [2.45, 2.75) is 46.1 Å². The van der Waals surface area contributed by atoms with Crippen molar-refractivity contribution in [2.75, 3.05) is 24.5 Å². The monoisotopic (exact) mass is 285 g/mol. The molecule has 1 fully saturated rings. The number of nitrogens with zero attached hydrogens (tertiary/aromatic N) is 2. The zero-order valence-electron chi connectivity index (χ0n) is 13.4. The number of rotatable bonds is 5. The van der Waals surface area contributed by atoms with Crippen LogP contribution in [0.1, 0.15) is 50.7 Å². The molecule has 0 amide bonds. The second-order valence-corrected chi connectivity index (χ2v) is 6.39. The molecule has 0 atom stereocenters. The minimum atomic E-state index is 0.650. The first-order valence-corrected chi connectivity index (χ1v) is 8.19. The molecule has 0 saturated carbocycles. The van der Waals surface area contributed by atoms with Crippen molar-refractivity contribution >= 4 is 5.69 Å². The highest BCUT2D eigenvalue weighted by Crippen LogP contribution is 2.24. The van der Waals surface area contributed by atoms with E-state index in [1.54, 1.807) is 0 Å². The predicted molar refractivity (Wildman–Crippen MR) is 88.4 cm³/mol. The summed E-state index contributed by atoms with van der Waals surface area (Å²) in [4.78, 5) is 2.39. The molecular formula is C18H27N3. The van der Waals surface area contributed by atoms with Crippen LogP contribution in [0.4, 0.5) is 5.69 Å². The van der Waals surface area contributed by atoms with Crippen molar-refractivity contribution in [2.24, 2.45) is 5.92 Å². The van der Waals surface area contributed by atoms with Crippen molar-refractivity contribution in [3.63, 3.8) is 0 Å². The van der Waals surface area contributed by atoms with E-state index in [-0.39, 0.29) is 0 Å². The van der Waals surface area contributed by atoms with Gasteiger partial charge in [0, 0.05) is 19.6 Å². The molecule has 0 bridgehead atoms. The minimum absolute atomic E-state index is 0.650. The van der Waals surface area contributed by atoms with E-state index in [2.05, 4.69) is 42.3 Å². The average Bonchev–Trinajstić information content (AvgIpc) is 2.75. The van der Waals surface area contributed by atoms with Gasteiger partial charge in [0.2, 0.25) is 0 Å². The van der Waals surface area contributed by atoms with Crippen molar-refractivity contribution in [1.82, 2.24) is 5.32 Å². The molecule has 114 valence electrons. The molecule has 1 N–H and O–H groups in total. The fraction of sp³-hybridized carbons (Fsp3) is 0.611. The summed E-state index contributed by atoms with van der Waals surface area (Å²) in [5, 5.41) is 12.9. The zero-order valence-corrected chi connectivity index (χ0v) is 13.4. The summed E-state index contributed by atoms with van der Waals surface area (Å²) in [6.45, 7) is 8.43. The Morgan fingerprint density at radius 3 is 2.52 bits per heavy atom. The van der Waals surface area contributed by atoms with Crippen LogP contribution in [-0.2, 0) is 6.54 Å². The predicted octanol–water partition coefficient (Wildman–Crippen LogP) is 3.68. The van der Waals surface area contributed by atoms with E-state index < -0.39 is 0 Å². The third-order valence-electron chi connectivity index (χ3n) is 4.01. The highest BCUT2D eigenvalue weighted by molar-refractivity contribution is 5.60. The van der Waals surface area contributed by atoms with E-state index in [1.807, 2.05) is 6.07 Å². The molecule has 2 rings (SSSR count). The lowest BCUT2D eigenvalue weighted by molar-refractivity contribution is 0.552. The maximum absolute atomic E-state index is 9.46. The van der Waals surface area contributed by atoms with E-state index in [1.165, 1.54) is 31.2 Å². The Hall–Kier alpha value is -1.53. The first-order chi connectivity index (χ1) is 10.2. The van der Waals surface area contributed by atoms with Gasteiger partial charge in [0.15, 0.2) is 0 Å². The Labute approximate surface area is 129 Å². The van der Waals surface area contributed by atoms with Gasteiger partial charge in [-0.2, -0.15) is 5.26 Å². The van der Waals surface area contributed by atoms with Gasteiger partial charge < -0.3 is 10.2 Å². The topological polar surface area (TPSA) is 39.1 Å². The summed E-state index contributed by atoms with van der Waals surface area (Å²) in [6.07, 6.45) is 5.11. The van der Waals surface area contributed by atoms with Gasteiger partial charge in [-0.3, -0.25) is 0 Å². The molecular weight excluding hydrogens is 258 g/mol. The summed E-state index contributed by atoms with van der Waals surface area (Å²) in [5.74, 6) is 0.650. The molecule has 1 saturated heterocycles. The lowest BCUT2D eigenvalue weighted by Crippen LogP contribution is -2.25. The van der Waals surface area contributed by atoms with E-state index in [9.17, 15) is 5.26 Å². The maximum atomic E-state index is 9.46. The summed E-state index contributed by atoms with van der Waals surface area (Å²) in [6, 6.07) is 8.73. The Kier molecular flexibility index (Phi) is 6.07. The molecule has 3 heteroatoms. The van der Waals surface area contributed by atoms with Crippen LogP contribution in [0, 0.1) is 17.2 Å². The Morgan fingerprint density at radius 2 is 1.90 bits per heavy atom. The van der Waals surface area contributed by atoms with Gasteiger partial charge >= 0.3 is 0 Å². The molecule has 1 heterocycles. The van der Waals surface area contributed by atoms with Crippen molar-refractivity contribution < 1.29 is 0 Å². The normalized spacial score (nSPS) is 15.8. The van der Waals surface area contributed by atoms with E-state index in [4.69, 9.17) is 0 Å². The van der Waals surface area contributed by atoms with Gasteiger partial charge in [0.1, 0.15) is 6.07 Å². The lowest BCUT2D eigenvalue weighted by atomic mass is 10.1. The molecule has 1 aromatic carbocycles. The van der Waals surface area contributed by atoms with E-state index in [0.29, 0.717) is 5.92 Å². The molecule has 1 aromatic rings. The quantitative estimate of drug-likeness (QED) is 0.897. The molecule has 0 radical (unpaired) electrons. The molecule has 1 aliphatic rings. The van der Waals surface area contributed by atoms with Crippen molar-refractivity contribution in [3.05, 3.63) is 29.3 Å². The van der Waals surface area contributed by atoms with Crippen LogP contribution in [0.2, 0.25) is 0 Å². The van der Waals surface area contributed by atoms with Crippen molar-refractivity contribution in [1.29, 1.82) is 5.26 Å². The number of nitrogens with one attached hydrogen (secondary N) is 1. The zero-order chi connectivity index (χ0) is 15.1. The molecule has 21 heavy (non-hydrogen) atoms. The molecule has 3 nitrogen and oxygen atoms in total. The number of hydrogen-bond acceptors (Lipinski definition) is 3. The SMILES string of the molecule is CC(C)CNCc1ccc(N2CCCCCC2)c(C#N)c1. The fourth-order valence-electron chi connectivity index (χ4n) is 2.88. The third kappa shape index (κ3) is 4.75. The van der Waals surface area contributed by atoms with Crippen molar-refractivity contribution in [3.8, 4) is 6.07 Å². The average molecular weight is 285 g/mol. The van der Waals surface area contributed by atoms with E-state index in [0.717, 1.165) is 37.4 Å². The Bertz CT molecular complexity index is 480. The number of nitriles is 1. The summed E-state index contributed by atoms with van der Waals surface area (Å²) < 4.78 is 0. The van der Waals surface area contributed by atoms with Gasteiger partial charge in [0.25, 0.3) is 0 Å². The number of hydrogen-bond donors (Lipinski definition) is 1. The lowest BCUT2D eigenvalue weighted by Gasteiger charge is -2.24. The smallest absolute Gasteiger partial charge is 0.101 e. The van der Waals surface area contributed by atoms with Crippen LogP contribution in [-0.4, -0.2) is 19.6 Å². The Morgan fingerprint density at radius 1 is 1.19 bits per heavy atom. The molecule has 0 spiro atoms. The summed E-state index contributed by atoms with van der Waals surface area (Å²) in [7, 11) is 0. The van der Waals surface area contributed by atoms with Crippen LogP contribution < -0.4 is 10.2 Å². The van der Waals surface area contributed by atoms with Gasteiger partial charge in [0.05, 0.1) is 11.3 Å². The Balaban J connectivity index is 2.07.